The molecule has 12 rings (SSSR count). The van der Waals surface area contributed by atoms with Crippen molar-refractivity contribution in [2.45, 2.75) is 214 Å². The predicted octanol–water partition coefficient (Wildman–Crippen LogP) is -0.505. The minimum Gasteiger partial charge on any atom is -0.508 e. The molecule has 0 spiro atoms. The summed E-state index contributed by atoms with van der Waals surface area (Å²) in [5.74, 6) is -15.2. The van der Waals surface area contributed by atoms with E-state index >= 15 is 28.8 Å². The molecule has 10 aliphatic rings. The SMILES string of the molecule is CCC1(OC2CC(OC)C(O)C(C)O2)C(OC2CC(O)C(N(C)C)C(C)O2)C2=C(C(=O)C1C1C(=O)C3=C(C([NH+]=[N-])C4=C3C(=O)c3c(O)ccc(O)c3C4=O)C(OC3CC(O)C(N(C)C)C(C)O3)C1(CC)OC1CC(OC)C(O)C(C)O1)C1=C(C(=O)c3c(O)ccc(O)c3C1=O)C2[NH+]=[N-]. The Kier molecular flexibility index (Phi) is 19.0. The number of aliphatic hydroxyl groups excluding tert-OH is 4. The first-order chi connectivity index (χ1) is 46.4. The molecule has 30 nitrogen and oxygen atoms in total. The molecule has 30 heteroatoms. The normalized spacial score (nSPS) is 39.5. The Morgan fingerprint density at radius 1 is 0.490 bits per heavy atom. The van der Waals surface area contributed by atoms with Gasteiger partial charge in [0, 0.05) is 73.3 Å². The maximum atomic E-state index is 17.9. The fraction of sp³-hybridized carbons (Fsp3) is 0.618. The molecule has 4 fully saturated rings. The van der Waals surface area contributed by atoms with Crippen LogP contribution in [0, 0.1) is 11.8 Å². The van der Waals surface area contributed by atoms with Gasteiger partial charge in [-0.05, 0) is 93.0 Å². The number of allylic oxidation sites excluding steroid dienone is 4. The Bertz CT molecular complexity index is 3560. The number of Topliss-reactive ketones (excluding diaryl/α,β-unsaturated/α-hetero) is 6. The number of nitrogens with zero attached hydrogens (tertiary/aromatic N) is 4. The molecule has 0 aromatic heterocycles. The third-order valence-corrected chi connectivity index (χ3v) is 22.0. The van der Waals surface area contributed by atoms with E-state index in [1.165, 1.54) is 41.9 Å². The third-order valence-electron chi connectivity index (χ3n) is 22.0. The van der Waals surface area contributed by atoms with Crippen LogP contribution in [0.4, 0.5) is 0 Å². The summed E-state index contributed by atoms with van der Waals surface area (Å²) >= 11 is 0. The Morgan fingerprint density at radius 3 is 1.09 bits per heavy atom. The number of ether oxygens (including phenoxy) is 10. The Hall–Kier alpha value is -6.82. The fourth-order valence-corrected chi connectivity index (χ4v) is 17.7. The molecule has 4 heterocycles. The molecule has 24 unspecified atom stereocenters. The summed E-state index contributed by atoms with van der Waals surface area (Å²) in [7, 11) is 9.51. The first kappa shape index (κ1) is 71.0. The van der Waals surface area contributed by atoms with E-state index in [9.17, 15) is 51.9 Å². The number of likely N-dealkylation sites (N-methyl/N-ethyl adjacent to an activating group) is 2. The van der Waals surface area contributed by atoms with Crippen molar-refractivity contribution in [2.24, 2.45) is 11.8 Å². The van der Waals surface area contributed by atoms with Crippen molar-refractivity contribution in [3.8, 4) is 23.0 Å². The number of nitrogens with one attached hydrogen (secondary N) is 2. The van der Waals surface area contributed by atoms with Crippen molar-refractivity contribution in [1.29, 1.82) is 0 Å². The van der Waals surface area contributed by atoms with E-state index < -0.39 is 283 Å². The highest BCUT2D eigenvalue weighted by molar-refractivity contribution is 6.37. The van der Waals surface area contributed by atoms with Gasteiger partial charge >= 0.3 is 0 Å². The van der Waals surface area contributed by atoms with Gasteiger partial charge in [0.05, 0.1) is 106 Å². The smallest absolute Gasteiger partial charge is 0.201 e. The number of carbonyl (C=O) groups excluding carboxylic acids is 6. The van der Waals surface area contributed by atoms with Crippen LogP contribution in [0.5, 0.6) is 23.0 Å². The summed E-state index contributed by atoms with van der Waals surface area (Å²) in [6.07, 6.45) is -24.2. The molecule has 0 radical (unpaired) electrons. The molecule has 98 heavy (non-hydrogen) atoms. The summed E-state index contributed by atoms with van der Waals surface area (Å²) in [6.45, 7) is 9.39. The average Bonchev–Trinajstić information content (AvgIpc) is 1.41. The van der Waals surface area contributed by atoms with Gasteiger partial charge in [-0.15, -0.1) is 0 Å². The van der Waals surface area contributed by atoms with Crippen LogP contribution in [0.25, 0.3) is 11.1 Å². The standard InChI is InChI=1S/C68H84N6O24/c1-13-67(97-37-21-33(89-11)57(81)25(5)93-37)51(63(87)45-43-47(61(85)41-29(77)17-15-27(75)39(41)59(43)83)53(71-69)49(45)65(67)95-35-19-31(79)55(73(7)8)23(3)91-35)52-64(88)46-44-48(62(86)42-30(78)18-16-28(76)40(42)60(44)84)54(72-70)50(46)66(96-36-20-32(80)56(74(9)10)24(4)92-36)68(52,14-2)98-38-22-34(90-12)58(82)26(6)94-38/h15-18,23-26,31-38,51-58,65-66,71-72,75-82H,13-14,19-22H2,1-12H3. The van der Waals surface area contributed by atoms with Gasteiger partial charge in [0.1, 0.15) is 58.6 Å². The van der Waals surface area contributed by atoms with E-state index in [2.05, 4.69) is 10.2 Å². The largest absolute Gasteiger partial charge is 0.508 e. The maximum Gasteiger partial charge on any atom is 0.201 e. The van der Waals surface area contributed by atoms with Crippen molar-refractivity contribution >= 4 is 34.7 Å². The number of aromatic hydroxyl groups is 4. The zero-order chi connectivity index (χ0) is 71.1. The van der Waals surface area contributed by atoms with Crippen molar-refractivity contribution in [3.05, 3.63) is 102 Å². The number of fused-ring (bicyclic) bond motifs is 4. The molecular weight excluding hydrogens is 1280 g/mol. The lowest BCUT2D eigenvalue weighted by Crippen LogP contribution is -2.78. The number of aliphatic hydroxyl groups is 4. The Morgan fingerprint density at radius 2 is 0.806 bits per heavy atom. The van der Waals surface area contributed by atoms with Gasteiger partial charge in [-0.3, -0.25) is 28.8 Å². The second-order valence-corrected chi connectivity index (χ2v) is 27.6. The Balaban J connectivity index is 1.20. The number of benzene rings is 2. The number of rotatable bonds is 17. The molecule has 2 aromatic rings. The number of phenols is 4. The van der Waals surface area contributed by atoms with E-state index in [-0.39, 0.29) is 25.7 Å². The first-order valence-electron chi connectivity index (χ1n) is 33.0. The van der Waals surface area contributed by atoms with Crippen LogP contribution in [0.1, 0.15) is 121 Å². The molecule has 0 amide bonds. The molecule has 24 atom stereocenters. The van der Waals surface area contributed by atoms with Crippen LogP contribution in [-0.4, -0.2) is 262 Å². The van der Waals surface area contributed by atoms with Crippen molar-refractivity contribution < 1.29 is 127 Å². The number of methoxy groups -OCH3 is 2. The highest BCUT2D eigenvalue weighted by atomic mass is 16.7. The number of hydrogen-bond acceptors (Lipinski definition) is 26. The molecule has 4 saturated heterocycles. The van der Waals surface area contributed by atoms with Gasteiger partial charge in [-0.2, -0.15) is 0 Å². The molecule has 6 aliphatic carbocycles. The minimum absolute atomic E-state index is 0.339. The van der Waals surface area contributed by atoms with Crippen LogP contribution in [-0.2, 0) is 57.0 Å². The quantitative estimate of drug-likeness (QED) is 0.0705. The summed E-state index contributed by atoms with van der Waals surface area (Å²) in [4.78, 5) is 102. The summed E-state index contributed by atoms with van der Waals surface area (Å²) in [5.41, 5.74) is 10.3. The Labute approximate surface area is 563 Å². The first-order valence-corrected chi connectivity index (χ1v) is 33.0. The van der Waals surface area contributed by atoms with Gasteiger partial charge in [0.25, 0.3) is 0 Å². The number of hydrogen-bond donors (Lipinski definition) is 10. The van der Waals surface area contributed by atoms with Gasteiger partial charge in [-0.25, -0.2) is 0 Å². The lowest BCUT2D eigenvalue weighted by molar-refractivity contribution is -0.505. The lowest BCUT2D eigenvalue weighted by Gasteiger charge is -2.58. The summed E-state index contributed by atoms with van der Waals surface area (Å²) in [6, 6.07) is -1.49. The van der Waals surface area contributed by atoms with Crippen molar-refractivity contribution in [2.75, 3.05) is 42.4 Å². The number of carbonyl (C=O) groups is 6. The van der Waals surface area contributed by atoms with Crippen LogP contribution < -0.4 is 10.2 Å². The molecule has 0 saturated carbocycles. The topological polar surface area (TPSA) is 436 Å². The van der Waals surface area contributed by atoms with E-state index in [1.807, 2.05) is 0 Å². The minimum atomic E-state index is -2.64. The third kappa shape index (κ3) is 10.6. The number of phenolic OH excluding ortho intramolecular Hbond substituents is 4. The highest BCUT2D eigenvalue weighted by Gasteiger charge is 2.74. The van der Waals surface area contributed by atoms with Gasteiger partial charge in [0.15, 0.2) is 60.4 Å². The monoisotopic (exact) mass is 1370 g/mol. The van der Waals surface area contributed by atoms with E-state index in [1.54, 1.807) is 51.8 Å². The van der Waals surface area contributed by atoms with Crippen molar-refractivity contribution in [3.63, 3.8) is 0 Å². The van der Waals surface area contributed by atoms with Gasteiger partial charge in [0.2, 0.25) is 11.6 Å². The van der Waals surface area contributed by atoms with Crippen LogP contribution in [0.15, 0.2) is 68.9 Å². The highest BCUT2D eigenvalue weighted by Crippen LogP contribution is 2.62. The molecule has 2 aromatic carbocycles. The van der Waals surface area contributed by atoms with Gasteiger partial charge in [-0.1, -0.05) is 13.8 Å². The van der Waals surface area contributed by atoms with E-state index in [0.717, 1.165) is 24.3 Å². The second kappa shape index (κ2) is 26.3. The second-order valence-electron chi connectivity index (χ2n) is 27.6. The zero-order valence-electron chi connectivity index (χ0n) is 56.2. The predicted molar refractivity (Wildman–Crippen MR) is 333 cm³/mol. The molecule has 0 bridgehead atoms. The zero-order valence-corrected chi connectivity index (χ0v) is 56.2. The average molecular weight is 1370 g/mol. The van der Waals surface area contributed by atoms with Crippen LogP contribution in [0.2, 0.25) is 0 Å². The maximum absolute atomic E-state index is 17.9. The molecule has 10 N–H and O–H groups in total. The fourth-order valence-electron chi connectivity index (χ4n) is 17.7. The van der Waals surface area contributed by atoms with Crippen LogP contribution >= 0.6 is 0 Å². The van der Waals surface area contributed by atoms with E-state index in [0.29, 0.717) is 0 Å². The van der Waals surface area contributed by atoms with Crippen molar-refractivity contribution in [1.82, 2.24) is 9.80 Å². The van der Waals surface area contributed by atoms with Gasteiger partial charge < -0.3 is 119 Å². The molecule has 530 valence electrons. The molecule has 4 aliphatic heterocycles. The lowest BCUT2D eigenvalue weighted by atomic mass is 9.54. The number of ketones is 6. The summed E-state index contributed by atoms with van der Waals surface area (Å²) < 4.78 is 67.7. The molecular formula is C68H84N6O24. The summed E-state index contributed by atoms with van der Waals surface area (Å²) in [5, 5.41) is 97.6. The van der Waals surface area contributed by atoms with Crippen LogP contribution in [0.3, 0.4) is 0 Å². The van der Waals surface area contributed by atoms with E-state index in [4.69, 9.17) is 47.4 Å².